The maximum absolute atomic E-state index is 13.9. The van der Waals surface area contributed by atoms with Crippen molar-refractivity contribution in [2.24, 2.45) is 0 Å². The number of hydrogen-bond acceptors (Lipinski definition) is 4. The standard InChI is InChI=1S/C21H20ClFN4O/c22-15-5-3-4-14(10-15)19(27-8-1-2-9-27)13-26-21(28)17-11-16(23)12-18-20(17)25-7-6-24-18/h3-7,10-12,19H,1-2,8-9,13H2,(H,26,28). The van der Waals surface area contributed by atoms with Crippen LogP contribution in [-0.4, -0.2) is 40.4 Å². The Labute approximate surface area is 167 Å². The number of nitrogens with one attached hydrogen (secondary N) is 1. The maximum Gasteiger partial charge on any atom is 0.253 e. The number of likely N-dealkylation sites (tertiary alicyclic amines) is 1. The first-order valence-corrected chi connectivity index (χ1v) is 9.67. The van der Waals surface area contributed by atoms with Gasteiger partial charge in [0, 0.05) is 30.0 Å². The van der Waals surface area contributed by atoms with Crippen LogP contribution in [0.5, 0.6) is 0 Å². The van der Waals surface area contributed by atoms with Gasteiger partial charge in [0.1, 0.15) is 11.3 Å². The number of nitrogens with zero attached hydrogens (tertiary/aromatic N) is 3. The molecule has 0 spiro atoms. The monoisotopic (exact) mass is 398 g/mol. The number of halogens is 2. The Balaban J connectivity index is 1.58. The Kier molecular flexibility index (Phi) is 5.50. The third-order valence-electron chi connectivity index (χ3n) is 5.05. The molecule has 4 rings (SSSR count). The molecule has 0 radical (unpaired) electrons. The largest absolute Gasteiger partial charge is 0.350 e. The third-order valence-corrected chi connectivity index (χ3v) is 5.29. The van der Waals surface area contributed by atoms with Gasteiger partial charge in [-0.15, -0.1) is 0 Å². The van der Waals surface area contributed by atoms with Crippen molar-refractivity contribution in [2.45, 2.75) is 18.9 Å². The van der Waals surface area contributed by atoms with Crippen LogP contribution in [0, 0.1) is 5.82 Å². The van der Waals surface area contributed by atoms with Crippen LogP contribution in [0.15, 0.2) is 48.8 Å². The minimum Gasteiger partial charge on any atom is -0.350 e. The maximum atomic E-state index is 13.9. The molecule has 2 aromatic carbocycles. The predicted molar refractivity (Wildman–Crippen MR) is 107 cm³/mol. The second kappa shape index (κ2) is 8.20. The molecule has 5 nitrogen and oxygen atoms in total. The fourth-order valence-electron chi connectivity index (χ4n) is 3.72. The van der Waals surface area contributed by atoms with E-state index in [9.17, 15) is 9.18 Å². The molecule has 0 aliphatic carbocycles. The first-order valence-electron chi connectivity index (χ1n) is 9.30. The molecule has 0 saturated carbocycles. The molecule has 1 N–H and O–H groups in total. The number of carbonyl (C=O) groups is 1. The molecule has 0 bridgehead atoms. The van der Waals surface area contributed by atoms with Crippen molar-refractivity contribution in [3.63, 3.8) is 0 Å². The lowest BCUT2D eigenvalue weighted by molar-refractivity contribution is 0.0939. The second-order valence-corrected chi connectivity index (χ2v) is 7.34. The number of benzene rings is 2. The molecule has 1 saturated heterocycles. The molecule has 1 fully saturated rings. The van der Waals surface area contributed by atoms with E-state index < -0.39 is 5.82 Å². The molecule has 7 heteroatoms. The summed E-state index contributed by atoms with van der Waals surface area (Å²) < 4.78 is 13.9. The van der Waals surface area contributed by atoms with Gasteiger partial charge in [-0.05, 0) is 49.7 Å². The molecule has 2 heterocycles. The number of carbonyl (C=O) groups excluding carboxylic acids is 1. The zero-order valence-electron chi connectivity index (χ0n) is 15.2. The van der Waals surface area contributed by atoms with Crippen molar-refractivity contribution in [1.82, 2.24) is 20.2 Å². The van der Waals surface area contributed by atoms with Gasteiger partial charge in [0.25, 0.3) is 5.91 Å². The van der Waals surface area contributed by atoms with Crippen LogP contribution in [-0.2, 0) is 0 Å². The summed E-state index contributed by atoms with van der Waals surface area (Å²) in [5, 5.41) is 3.62. The average Bonchev–Trinajstić information content (AvgIpc) is 3.22. The van der Waals surface area contributed by atoms with Crippen LogP contribution in [0.1, 0.15) is 34.8 Å². The van der Waals surface area contributed by atoms with Gasteiger partial charge in [0.05, 0.1) is 17.1 Å². The lowest BCUT2D eigenvalue weighted by Crippen LogP contribution is -2.37. The number of hydrogen-bond donors (Lipinski definition) is 1. The molecular formula is C21H20ClFN4O. The van der Waals surface area contributed by atoms with Gasteiger partial charge in [-0.25, -0.2) is 4.39 Å². The Hall–Kier alpha value is -2.57. The fraction of sp³-hybridized carbons (Fsp3) is 0.286. The van der Waals surface area contributed by atoms with E-state index >= 15 is 0 Å². The highest BCUT2D eigenvalue weighted by molar-refractivity contribution is 6.30. The summed E-state index contributed by atoms with van der Waals surface area (Å²) in [5.41, 5.74) is 1.99. The van der Waals surface area contributed by atoms with Gasteiger partial charge in [-0.3, -0.25) is 19.7 Å². The van der Waals surface area contributed by atoms with Crippen molar-refractivity contribution in [3.05, 3.63) is 70.8 Å². The van der Waals surface area contributed by atoms with Crippen molar-refractivity contribution in [3.8, 4) is 0 Å². The number of amides is 1. The van der Waals surface area contributed by atoms with Crippen LogP contribution in [0.4, 0.5) is 4.39 Å². The number of fused-ring (bicyclic) bond motifs is 1. The van der Waals surface area contributed by atoms with E-state index in [2.05, 4.69) is 20.2 Å². The van der Waals surface area contributed by atoms with Crippen molar-refractivity contribution < 1.29 is 9.18 Å². The quantitative estimate of drug-likeness (QED) is 0.706. The van der Waals surface area contributed by atoms with E-state index in [0.29, 0.717) is 22.6 Å². The zero-order valence-corrected chi connectivity index (χ0v) is 16.0. The average molecular weight is 399 g/mol. The molecule has 144 valence electrons. The van der Waals surface area contributed by atoms with Gasteiger partial charge < -0.3 is 5.32 Å². The Bertz CT molecular complexity index is 1010. The van der Waals surface area contributed by atoms with Crippen molar-refractivity contribution >= 4 is 28.5 Å². The minimum atomic E-state index is -0.510. The Morgan fingerprint density at radius 2 is 1.96 bits per heavy atom. The molecule has 1 unspecified atom stereocenters. The summed E-state index contributed by atoms with van der Waals surface area (Å²) in [6.45, 7) is 2.35. The lowest BCUT2D eigenvalue weighted by atomic mass is 10.0. The molecular weight excluding hydrogens is 379 g/mol. The fourth-order valence-corrected chi connectivity index (χ4v) is 3.92. The highest BCUT2D eigenvalue weighted by Crippen LogP contribution is 2.27. The summed E-state index contributed by atoms with van der Waals surface area (Å²) in [4.78, 5) is 23.5. The highest BCUT2D eigenvalue weighted by Gasteiger charge is 2.25. The van der Waals surface area contributed by atoms with E-state index in [-0.39, 0.29) is 17.5 Å². The smallest absolute Gasteiger partial charge is 0.253 e. The second-order valence-electron chi connectivity index (χ2n) is 6.90. The van der Waals surface area contributed by atoms with E-state index in [1.807, 2.05) is 24.3 Å². The first kappa shape index (κ1) is 18.8. The highest BCUT2D eigenvalue weighted by atomic mass is 35.5. The van der Waals surface area contributed by atoms with Gasteiger partial charge in [-0.2, -0.15) is 0 Å². The molecule has 28 heavy (non-hydrogen) atoms. The summed E-state index contributed by atoms with van der Waals surface area (Å²) in [6, 6.07) is 10.2. The summed E-state index contributed by atoms with van der Waals surface area (Å²) in [5.74, 6) is -0.875. The molecule has 1 aromatic heterocycles. The predicted octanol–water partition coefficient (Wildman–Crippen LogP) is 3.99. The van der Waals surface area contributed by atoms with Crippen LogP contribution >= 0.6 is 11.6 Å². The summed E-state index contributed by atoms with van der Waals surface area (Å²) >= 11 is 6.17. The van der Waals surface area contributed by atoms with Crippen LogP contribution in [0.3, 0.4) is 0 Å². The molecule has 1 atom stereocenters. The van der Waals surface area contributed by atoms with Gasteiger partial charge in [0.15, 0.2) is 0 Å². The topological polar surface area (TPSA) is 58.1 Å². The normalized spacial score (nSPS) is 15.6. The van der Waals surface area contributed by atoms with Gasteiger partial charge in [-0.1, -0.05) is 23.7 Å². The third kappa shape index (κ3) is 3.98. The number of aromatic nitrogens is 2. The van der Waals surface area contributed by atoms with Gasteiger partial charge >= 0.3 is 0 Å². The molecule has 1 aliphatic rings. The van der Waals surface area contributed by atoms with E-state index in [1.54, 1.807) is 0 Å². The van der Waals surface area contributed by atoms with E-state index in [4.69, 9.17) is 11.6 Å². The summed E-state index contributed by atoms with van der Waals surface area (Å²) in [6.07, 6.45) is 5.24. The zero-order chi connectivity index (χ0) is 19.5. The summed E-state index contributed by atoms with van der Waals surface area (Å²) in [7, 11) is 0. The van der Waals surface area contributed by atoms with Crippen LogP contribution in [0.2, 0.25) is 5.02 Å². The first-order chi connectivity index (χ1) is 13.6. The van der Waals surface area contributed by atoms with Crippen LogP contribution in [0.25, 0.3) is 11.0 Å². The minimum absolute atomic E-state index is 0.0102. The molecule has 1 amide bonds. The SMILES string of the molecule is O=C(NCC(c1cccc(Cl)c1)N1CCCC1)c1cc(F)cc2nccnc12. The van der Waals surface area contributed by atoms with E-state index in [0.717, 1.165) is 31.5 Å². The Morgan fingerprint density at radius 3 is 2.75 bits per heavy atom. The van der Waals surface area contributed by atoms with Crippen molar-refractivity contribution in [1.29, 1.82) is 0 Å². The van der Waals surface area contributed by atoms with E-state index in [1.165, 1.54) is 24.5 Å². The number of rotatable bonds is 5. The Morgan fingerprint density at radius 1 is 1.18 bits per heavy atom. The molecule has 1 aliphatic heterocycles. The molecule has 3 aromatic rings. The lowest BCUT2D eigenvalue weighted by Gasteiger charge is -2.28. The van der Waals surface area contributed by atoms with Crippen LogP contribution < -0.4 is 5.32 Å². The van der Waals surface area contributed by atoms with Gasteiger partial charge in [0.2, 0.25) is 0 Å². The van der Waals surface area contributed by atoms with Crippen molar-refractivity contribution in [2.75, 3.05) is 19.6 Å².